The van der Waals surface area contributed by atoms with Crippen molar-refractivity contribution in [2.45, 2.75) is 64.8 Å². The van der Waals surface area contributed by atoms with Crippen molar-refractivity contribution in [3.8, 4) is 0 Å². The maximum Gasteiger partial charge on any atom is 0.170 e. The smallest absolute Gasteiger partial charge is 0.170 e. The second-order valence-corrected chi connectivity index (χ2v) is 9.62. The fourth-order valence-corrected chi connectivity index (χ4v) is 7.12. The van der Waals surface area contributed by atoms with Gasteiger partial charge in [0.15, 0.2) is 5.78 Å². The second-order valence-electron chi connectivity index (χ2n) is 9.62. The number of hydrogen-bond donors (Lipinski definition) is 3. The second kappa shape index (κ2) is 4.81. The van der Waals surface area contributed by atoms with Crippen molar-refractivity contribution in [1.82, 2.24) is 0 Å². The molecule has 0 amide bonds. The summed E-state index contributed by atoms with van der Waals surface area (Å²) in [6, 6.07) is 0. The molecule has 4 aliphatic rings. The lowest BCUT2D eigenvalue weighted by molar-refractivity contribution is -0.242. The van der Waals surface area contributed by atoms with Crippen molar-refractivity contribution in [2.24, 2.45) is 34.0 Å². The van der Waals surface area contributed by atoms with Gasteiger partial charge in [-0.2, -0.15) is 0 Å². The Balaban J connectivity index is 1.97. The summed E-state index contributed by atoms with van der Waals surface area (Å²) in [7, 11) is 0. The van der Waals surface area contributed by atoms with E-state index >= 15 is 0 Å². The highest BCUT2D eigenvalue weighted by Gasteiger charge is 2.77. The zero-order valence-corrected chi connectivity index (χ0v) is 15.2. The summed E-state index contributed by atoms with van der Waals surface area (Å²) in [5, 5.41) is 33.0. The first-order valence-electron chi connectivity index (χ1n) is 9.31. The Labute approximate surface area is 148 Å². The van der Waals surface area contributed by atoms with E-state index in [0.717, 1.165) is 6.42 Å². The van der Waals surface area contributed by atoms with Gasteiger partial charge >= 0.3 is 0 Å². The van der Waals surface area contributed by atoms with Crippen LogP contribution in [0.4, 0.5) is 0 Å². The molecule has 5 nitrogen and oxygen atoms in total. The average molecular weight is 348 g/mol. The number of aliphatic hydroxyl groups excluding tert-OH is 3. The summed E-state index contributed by atoms with van der Waals surface area (Å²) in [4.78, 5) is 26.3. The van der Waals surface area contributed by atoms with E-state index < -0.39 is 41.0 Å². The first kappa shape index (κ1) is 17.4. The first-order valence-corrected chi connectivity index (χ1v) is 9.31. The lowest BCUT2D eigenvalue weighted by atomic mass is 9.39. The van der Waals surface area contributed by atoms with E-state index in [1.165, 1.54) is 0 Å². The monoisotopic (exact) mass is 348 g/mol. The molecule has 8 atom stereocenters. The topological polar surface area (TPSA) is 94.8 Å². The van der Waals surface area contributed by atoms with E-state index in [4.69, 9.17) is 0 Å². The molecule has 1 spiro atoms. The molecule has 0 unspecified atom stereocenters. The third-order valence-electron chi connectivity index (χ3n) is 8.32. The molecule has 0 saturated heterocycles. The van der Waals surface area contributed by atoms with Crippen molar-refractivity contribution in [2.75, 3.05) is 0 Å². The summed E-state index contributed by atoms with van der Waals surface area (Å²) in [6.45, 7) is 9.88. The first-order chi connectivity index (χ1) is 11.5. The normalized spacial score (nSPS) is 54.2. The number of hydrogen-bond acceptors (Lipinski definition) is 5. The van der Waals surface area contributed by atoms with Gasteiger partial charge in [-0.1, -0.05) is 27.4 Å². The summed E-state index contributed by atoms with van der Waals surface area (Å²) < 4.78 is 0. The third kappa shape index (κ3) is 1.70. The SMILES string of the molecule is C=C1C(=O)[C@@]23[C@@H](O)C[C@@H]4C(C)(C)CCC(=O)[C@@]4(C)[C@@H]2[C@@H](O)C[C@@H]1[C@@H]3O. The van der Waals surface area contributed by atoms with Crippen molar-refractivity contribution in [3.05, 3.63) is 12.2 Å². The van der Waals surface area contributed by atoms with Crippen LogP contribution in [0.2, 0.25) is 0 Å². The van der Waals surface area contributed by atoms with Gasteiger partial charge in [0.25, 0.3) is 0 Å². The van der Waals surface area contributed by atoms with Gasteiger partial charge in [0.1, 0.15) is 5.78 Å². The van der Waals surface area contributed by atoms with Crippen LogP contribution >= 0.6 is 0 Å². The molecule has 0 aliphatic heterocycles. The van der Waals surface area contributed by atoms with Gasteiger partial charge in [-0.15, -0.1) is 0 Å². The number of rotatable bonds is 0. The van der Waals surface area contributed by atoms with Gasteiger partial charge in [0, 0.05) is 23.7 Å². The highest BCUT2D eigenvalue weighted by atomic mass is 16.3. The van der Waals surface area contributed by atoms with Gasteiger partial charge in [-0.25, -0.2) is 0 Å². The average Bonchev–Trinajstić information content (AvgIpc) is 2.65. The zero-order chi connectivity index (χ0) is 18.5. The maximum absolute atomic E-state index is 13.2. The number of fused-ring (bicyclic) bond motifs is 3. The minimum Gasteiger partial charge on any atom is -0.393 e. The summed E-state index contributed by atoms with van der Waals surface area (Å²) in [5.74, 6) is -1.73. The van der Waals surface area contributed by atoms with Crippen LogP contribution in [0, 0.1) is 34.0 Å². The van der Waals surface area contributed by atoms with Gasteiger partial charge in [0.2, 0.25) is 0 Å². The number of Topliss-reactive ketones (excluding diaryl/α,β-unsaturated/α-hetero) is 2. The Morgan fingerprint density at radius 3 is 2.36 bits per heavy atom. The Hall–Kier alpha value is -1.04. The summed E-state index contributed by atoms with van der Waals surface area (Å²) in [5.41, 5.74) is -2.30. The minimum absolute atomic E-state index is 0.0445. The van der Waals surface area contributed by atoms with E-state index in [0.29, 0.717) is 12.8 Å². The summed E-state index contributed by atoms with van der Waals surface area (Å²) in [6.07, 6.45) is -1.39. The number of aliphatic hydroxyl groups is 3. The standard InChI is InChI=1S/C20H28O5/c1-9-10-7-11(21)15-19(4)12(18(2,3)6-5-13(19)22)8-14(23)20(15,16(9)24)17(10)25/h10-12,14-15,17,21,23,25H,1,5-8H2,2-4H3/t10-,11-,12+,14-,15-,17-,19-,20+/m0/s1. The Bertz CT molecular complexity index is 682. The molecule has 2 bridgehead atoms. The number of ketones is 2. The van der Waals surface area contributed by atoms with E-state index in [9.17, 15) is 24.9 Å². The highest BCUT2D eigenvalue weighted by Crippen LogP contribution is 2.70. The highest BCUT2D eigenvalue weighted by molar-refractivity contribution is 6.05. The van der Waals surface area contributed by atoms with Crippen molar-refractivity contribution in [1.29, 1.82) is 0 Å². The summed E-state index contributed by atoms with van der Waals surface area (Å²) >= 11 is 0. The minimum atomic E-state index is -1.49. The lowest BCUT2D eigenvalue weighted by Crippen LogP contribution is -2.72. The van der Waals surface area contributed by atoms with Gasteiger partial charge in [0.05, 0.1) is 23.7 Å². The predicted molar refractivity (Wildman–Crippen MR) is 90.4 cm³/mol. The maximum atomic E-state index is 13.2. The van der Waals surface area contributed by atoms with Crippen molar-refractivity contribution >= 4 is 11.6 Å². The molecule has 25 heavy (non-hydrogen) atoms. The largest absolute Gasteiger partial charge is 0.393 e. The van der Waals surface area contributed by atoms with E-state index in [-0.39, 0.29) is 34.9 Å². The molecule has 4 rings (SSSR count). The van der Waals surface area contributed by atoms with Crippen molar-refractivity contribution < 1.29 is 24.9 Å². The van der Waals surface area contributed by atoms with Crippen LogP contribution in [0.25, 0.3) is 0 Å². The Morgan fingerprint density at radius 2 is 1.72 bits per heavy atom. The van der Waals surface area contributed by atoms with Crippen LogP contribution in [0.15, 0.2) is 12.2 Å². The van der Waals surface area contributed by atoms with Crippen LogP contribution in [0.5, 0.6) is 0 Å². The number of carbonyl (C=O) groups excluding carboxylic acids is 2. The van der Waals surface area contributed by atoms with Crippen molar-refractivity contribution in [3.63, 3.8) is 0 Å². The molecule has 4 aliphatic carbocycles. The third-order valence-corrected chi connectivity index (χ3v) is 8.32. The Morgan fingerprint density at radius 1 is 1.08 bits per heavy atom. The molecule has 0 aromatic carbocycles. The molecule has 3 N–H and O–H groups in total. The van der Waals surface area contributed by atoms with Crippen LogP contribution in [0.1, 0.15) is 46.5 Å². The molecular weight excluding hydrogens is 320 g/mol. The molecule has 0 aromatic heterocycles. The molecule has 0 heterocycles. The van der Waals surface area contributed by atoms with Crippen LogP contribution in [-0.2, 0) is 9.59 Å². The quantitative estimate of drug-likeness (QED) is 0.573. The molecule has 0 aromatic rings. The number of carbonyl (C=O) groups is 2. The molecule has 5 heteroatoms. The Kier molecular flexibility index (Phi) is 3.35. The molecule has 0 radical (unpaired) electrons. The van der Waals surface area contributed by atoms with Gasteiger partial charge in [-0.3, -0.25) is 9.59 Å². The van der Waals surface area contributed by atoms with Crippen LogP contribution in [0.3, 0.4) is 0 Å². The lowest BCUT2D eigenvalue weighted by Gasteiger charge is -2.64. The molecule has 138 valence electrons. The molecule has 4 saturated carbocycles. The van der Waals surface area contributed by atoms with Gasteiger partial charge in [-0.05, 0) is 36.2 Å². The van der Waals surface area contributed by atoms with Crippen LogP contribution < -0.4 is 0 Å². The molecule has 4 fully saturated rings. The van der Waals surface area contributed by atoms with Crippen LogP contribution in [-0.4, -0.2) is 45.2 Å². The van der Waals surface area contributed by atoms with E-state index in [2.05, 4.69) is 20.4 Å². The fraction of sp³-hybridized carbons (Fsp3) is 0.800. The van der Waals surface area contributed by atoms with Gasteiger partial charge < -0.3 is 15.3 Å². The molecular formula is C20H28O5. The predicted octanol–water partition coefficient (Wildman–Crippen LogP) is 1.25. The van der Waals surface area contributed by atoms with E-state index in [1.807, 2.05) is 6.92 Å². The van der Waals surface area contributed by atoms with E-state index in [1.54, 1.807) is 0 Å². The zero-order valence-electron chi connectivity index (χ0n) is 15.2. The fourth-order valence-electron chi connectivity index (χ4n) is 7.12.